The minimum Gasteiger partial charge on any atom is -0.380 e. The second kappa shape index (κ2) is 8.31. The van der Waals surface area contributed by atoms with Crippen molar-refractivity contribution in [3.63, 3.8) is 0 Å². The Bertz CT molecular complexity index is 254. The van der Waals surface area contributed by atoms with Crippen LogP contribution < -0.4 is 0 Å². The van der Waals surface area contributed by atoms with Crippen molar-refractivity contribution in [2.45, 2.75) is 64.6 Å². The number of aliphatic hydroxyl groups is 1. The maximum absolute atomic E-state index is 12.3. The van der Waals surface area contributed by atoms with Crippen LogP contribution in [0.15, 0.2) is 0 Å². The van der Waals surface area contributed by atoms with Gasteiger partial charge in [0.1, 0.15) is 0 Å². The molecule has 0 aromatic rings. The number of hydrogen-bond acceptors (Lipinski definition) is 4. The van der Waals surface area contributed by atoms with Gasteiger partial charge in [0, 0.05) is 0 Å². The quantitative estimate of drug-likeness (QED) is 0.683. The largest absolute Gasteiger partial charge is 0.380 e. The second-order valence-electron chi connectivity index (χ2n) is 4.94. The highest BCUT2D eigenvalue weighted by molar-refractivity contribution is 7.54. The lowest BCUT2D eigenvalue weighted by Crippen LogP contribution is -2.15. The third kappa shape index (κ3) is 5.00. The molecule has 1 rings (SSSR count). The first kappa shape index (κ1) is 16.2. The van der Waals surface area contributed by atoms with E-state index in [1.807, 2.05) is 0 Å². The molecule has 0 bridgehead atoms. The molecule has 1 aliphatic carbocycles. The maximum atomic E-state index is 12.3. The Hall–Kier alpha value is 0.110. The Morgan fingerprint density at radius 3 is 2.22 bits per heavy atom. The monoisotopic (exact) mass is 278 g/mol. The van der Waals surface area contributed by atoms with Crippen molar-refractivity contribution in [2.24, 2.45) is 5.92 Å². The number of rotatable bonds is 8. The van der Waals surface area contributed by atoms with Gasteiger partial charge >= 0.3 is 7.60 Å². The zero-order chi connectivity index (χ0) is 13.4. The first-order chi connectivity index (χ1) is 8.62. The summed E-state index contributed by atoms with van der Waals surface area (Å²) in [5.74, 6) is -0.301. The molecule has 5 heteroatoms. The van der Waals surface area contributed by atoms with E-state index in [0.29, 0.717) is 25.6 Å². The zero-order valence-electron chi connectivity index (χ0n) is 11.6. The first-order valence-electron chi connectivity index (χ1n) is 7.19. The van der Waals surface area contributed by atoms with E-state index in [1.165, 1.54) is 32.1 Å². The molecule has 18 heavy (non-hydrogen) atoms. The molecule has 0 radical (unpaired) electrons. The van der Waals surface area contributed by atoms with Crippen molar-refractivity contribution in [2.75, 3.05) is 13.2 Å². The van der Waals surface area contributed by atoms with Gasteiger partial charge in [-0.2, -0.15) is 0 Å². The van der Waals surface area contributed by atoms with Gasteiger partial charge in [0.15, 0.2) is 5.85 Å². The fourth-order valence-corrected chi connectivity index (χ4v) is 4.19. The molecule has 108 valence electrons. The van der Waals surface area contributed by atoms with Gasteiger partial charge in [-0.3, -0.25) is 4.57 Å². The standard InChI is InChI=1S/C13H27O4P/c1-3-16-18(15,17-4-2)13(14)11-10-12-8-6-5-7-9-12/h12-14H,3-11H2,1-2H3/t13-/m1/s1. The van der Waals surface area contributed by atoms with Crippen LogP contribution in [0, 0.1) is 5.92 Å². The van der Waals surface area contributed by atoms with Crippen LogP contribution in [-0.4, -0.2) is 24.2 Å². The van der Waals surface area contributed by atoms with E-state index in [0.717, 1.165) is 6.42 Å². The Balaban J connectivity index is 2.40. The van der Waals surface area contributed by atoms with Gasteiger partial charge in [-0.25, -0.2) is 0 Å². The van der Waals surface area contributed by atoms with Gasteiger partial charge < -0.3 is 14.2 Å². The molecule has 1 N–H and O–H groups in total. The number of aliphatic hydroxyl groups excluding tert-OH is 1. The van der Waals surface area contributed by atoms with Crippen molar-refractivity contribution in [1.29, 1.82) is 0 Å². The molecule has 1 aliphatic rings. The van der Waals surface area contributed by atoms with Gasteiger partial charge in [0.2, 0.25) is 0 Å². The molecule has 0 aliphatic heterocycles. The molecular weight excluding hydrogens is 251 g/mol. The third-order valence-corrected chi connectivity index (χ3v) is 5.77. The van der Waals surface area contributed by atoms with E-state index in [4.69, 9.17) is 9.05 Å². The van der Waals surface area contributed by atoms with Gasteiger partial charge in [-0.15, -0.1) is 0 Å². The molecule has 1 saturated carbocycles. The summed E-state index contributed by atoms with van der Waals surface area (Å²) in [6.45, 7) is 4.13. The number of hydrogen-bond donors (Lipinski definition) is 1. The summed E-state index contributed by atoms with van der Waals surface area (Å²) < 4.78 is 22.6. The summed E-state index contributed by atoms with van der Waals surface area (Å²) in [7, 11) is -3.32. The van der Waals surface area contributed by atoms with Crippen LogP contribution in [-0.2, 0) is 13.6 Å². The Morgan fingerprint density at radius 1 is 1.17 bits per heavy atom. The van der Waals surface area contributed by atoms with E-state index >= 15 is 0 Å². The molecule has 0 saturated heterocycles. The lowest BCUT2D eigenvalue weighted by Gasteiger charge is -2.25. The van der Waals surface area contributed by atoms with Gasteiger partial charge in [-0.05, 0) is 32.6 Å². The lowest BCUT2D eigenvalue weighted by atomic mass is 9.86. The van der Waals surface area contributed by atoms with Gasteiger partial charge in [0.25, 0.3) is 0 Å². The summed E-state index contributed by atoms with van der Waals surface area (Å²) in [5.41, 5.74) is 0. The predicted octanol–water partition coefficient (Wildman–Crippen LogP) is 3.93. The van der Waals surface area contributed by atoms with Crippen LogP contribution in [0.25, 0.3) is 0 Å². The summed E-state index contributed by atoms with van der Waals surface area (Å²) in [6, 6.07) is 0. The van der Waals surface area contributed by atoms with E-state index in [-0.39, 0.29) is 0 Å². The minimum absolute atomic E-state index is 0.303. The molecule has 0 amide bonds. The molecule has 1 atom stereocenters. The third-order valence-electron chi connectivity index (χ3n) is 3.54. The van der Waals surface area contributed by atoms with Crippen LogP contribution in [0.5, 0.6) is 0 Å². The van der Waals surface area contributed by atoms with Gasteiger partial charge in [0.05, 0.1) is 13.2 Å². The van der Waals surface area contributed by atoms with Crippen molar-refractivity contribution >= 4 is 7.60 Å². The Kier molecular flexibility index (Phi) is 7.47. The van der Waals surface area contributed by atoms with Crippen LogP contribution in [0.1, 0.15) is 58.8 Å². The van der Waals surface area contributed by atoms with E-state index in [2.05, 4.69) is 0 Å². The van der Waals surface area contributed by atoms with Crippen LogP contribution in [0.3, 0.4) is 0 Å². The fraction of sp³-hybridized carbons (Fsp3) is 1.00. The van der Waals surface area contributed by atoms with Crippen LogP contribution in [0.2, 0.25) is 0 Å². The topological polar surface area (TPSA) is 55.8 Å². The highest BCUT2D eigenvalue weighted by atomic mass is 31.2. The summed E-state index contributed by atoms with van der Waals surface area (Å²) in [6.07, 6.45) is 7.81. The van der Waals surface area contributed by atoms with Crippen molar-refractivity contribution in [3.8, 4) is 0 Å². The molecular formula is C13H27O4P. The highest BCUT2D eigenvalue weighted by Gasteiger charge is 2.34. The second-order valence-corrected chi connectivity index (χ2v) is 7.13. The van der Waals surface area contributed by atoms with E-state index in [1.54, 1.807) is 13.8 Å². The van der Waals surface area contributed by atoms with Crippen LogP contribution in [0.4, 0.5) is 0 Å². The lowest BCUT2D eigenvalue weighted by molar-refractivity contribution is 0.137. The smallest absolute Gasteiger partial charge is 0.358 e. The molecule has 4 nitrogen and oxygen atoms in total. The Morgan fingerprint density at radius 2 is 1.72 bits per heavy atom. The predicted molar refractivity (Wildman–Crippen MR) is 72.7 cm³/mol. The molecule has 0 unspecified atom stereocenters. The molecule has 0 aromatic heterocycles. The van der Waals surface area contributed by atoms with Crippen molar-refractivity contribution < 1.29 is 18.7 Å². The van der Waals surface area contributed by atoms with Crippen molar-refractivity contribution in [3.05, 3.63) is 0 Å². The van der Waals surface area contributed by atoms with E-state index in [9.17, 15) is 9.67 Å². The average Bonchev–Trinajstić information content (AvgIpc) is 2.37. The van der Waals surface area contributed by atoms with Crippen LogP contribution >= 0.6 is 7.60 Å². The maximum Gasteiger partial charge on any atom is 0.358 e. The average molecular weight is 278 g/mol. The molecule has 0 heterocycles. The first-order valence-corrected chi connectivity index (χ1v) is 8.80. The normalized spacial score (nSPS) is 19.9. The Labute approximate surface area is 111 Å². The van der Waals surface area contributed by atoms with E-state index < -0.39 is 13.4 Å². The van der Waals surface area contributed by atoms with Gasteiger partial charge in [-0.1, -0.05) is 32.1 Å². The molecule has 1 fully saturated rings. The summed E-state index contributed by atoms with van der Waals surface area (Å²) in [5, 5.41) is 10.0. The summed E-state index contributed by atoms with van der Waals surface area (Å²) >= 11 is 0. The molecule has 0 spiro atoms. The SMILES string of the molecule is CCOP(=O)(OCC)[C@@H](O)CCC1CCCCC1. The molecule has 0 aromatic carbocycles. The zero-order valence-corrected chi connectivity index (χ0v) is 12.5. The summed E-state index contributed by atoms with van der Waals surface area (Å²) in [4.78, 5) is 0. The van der Waals surface area contributed by atoms with Crippen molar-refractivity contribution in [1.82, 2.24) is 0 Å². The fourth-order valence-electron chi connectivity index (χ4n) is 2.59. The highest BCUT2D eigenvalue weighted by Crippen LogP contribution is 2.53. The minimum atomic E-state index is -3.32.